The van der Waals surface area contributed by atoms with Crippen LogP contribution in [-0.2, 0) is 11.3 Å². The van der Waals surface area contributed by atoms with Crippen molar-refractivity contribution >= 4 is 5.91 Å². The molecule has 1 aromatic rings. The lowest BCUT2D eigenvalue weighted by molar-refractivity contribution is -0.135. The molecule has 0 radical (unpaired) electrons. The molecule has 1 aliphatic heterocycles. The standard InChI is InChI=1S/C13H20N2O2/c1-10-4-3-5-12(14-2)13(16)15(10)8-11-6-7-17-9-11/h6-7,9-10,12,14H,3-5,8H2,1-2H3. The number of amides is 1. The van der Waals surface area contributed by atoms with Gasteiger partial charge in [0.2, 0.25) is 5.91 Å². The van der Waals surface area contributed by atoms with Crippen molar-refractivity contribution in [2.75, 3.05) is 7.05 Å². The van der Waals surface area contributed by atoms with Gasteiger partial charge in [-0.1, -0.05) is 0 Å². The Kier molecular flexibility index (Phi) is 3.84. The molecule has 17 heavy (non-hydrogen) atoms. The Bertz CT molecular complexity index is 362. The largest absolute Gasteiger partial charge is 0.472 e. The number of likely N-dealkylation sites (tertiary alicyclic amines) is 1. The Hall–Kier alpha value is -1.29. The minimum absolute atomic E-state index is 0.0353. The van der Waals surface area contributed by atoms with Crippen molar-refractivity contribution in [3.8, 4) is 0 Å². The second kappa shape index (κ2) is 5.36. The van der Waals surface area contributed by atoms with E-state index in [-0.39, 0.29) is 11.9 Å². The molecule has 0 saturated carbocycles. The molecule has 2 rings (SSSR count). The smallest absolute Gasteiger partial charge is 0.240 e. The molecule has 0 aromatic carbocycles. The van der Waals surface area contributed by atoms with Crippen LogP contribution in [0, 0.1) is 0 Å². The van der Waals surface area contributed by atoms with Gasteiger partial charge in [-0.25, -0.2) is 0 Å². The molecule has 0 spiro atoms. The van der Waals surface area contributed by atoms with Gasteiger partial charge in [-0.15, -0.1) is 0 Å². The first-order chi connectivity index (χ1) is 8.22. The third-order valence-corrected chi connectivity index (χ3v) is 3.51. The van der Waals surface area contributed by atoms with E-state index in [4.69, 9.17) is 4.42 Å². The second-order valence-electron chi connectivity index (χ2n) is 4.72. The van der Waals surface area contributed by atoms with Crippen molar-refractivity contribution in [2.24, 2.45) is 0 Å². The lowest BCUT2D eigenvalue weighted by atomic mass is 10.1. The summed E-state index contributed by atoms with van der Waals surface area (Å²) in [5.41, 5.74) is 1.06. The van der Waals surface area contributed by atoms with Crippen molar-refractivity contribution in [3.05, 3.63) is 24.2 Å². The maximum absolute atomic E-state index is 12.3. The van der Waals surface area contributed by atoms with Gasteiger partial charge in [0.15, 0.2) is 0 Å². The van der Waals surface area contributed by atoms with E-state index in [0.717, 1.165) is 24.8 Å². The fraction of sp³-hybridized carbons (Fsp3) is 0.615. The molecule has 1 amide bonds. The summed E-state index contributed by atoms with van der Waals surface area (Å²) < 4.78 is 5.06. The maximum atomic E-state index is 12.3. The van der Waals surface area contributed by atoms with Crippen LogP contribution in [0.25, 0.3) is 0 Å². The van der Waals surface area contributed by atoms with Crippen molar-refractivity contribution in [1.82, 2.24) is 10.2 Å². The van der Waals surface area contributed by atoms with Crippen LogP contribution in [-0.4, -0.2) is 29.9 Å². The highest BCUT2D eigenvalue weighted by Gasteiger charge is 2.29. The van der Waals surface area contributed by atoms with E-state index in [1.54, 1.807) is 12.5 Å². The monoisotopic (exact) mass is 236 g/mol. The lowest BCUT2D eigenvalue weighted by Gasteiger charge is -2.29. The summed E-state index contributed by atoms with van der Waals surface area (Å²) in [5.74, 6) is 0.207. The van der Waals surface area contributed by atoms with E-state index in [1.165, 1.54) is 0 Å². The fourth-order valence-electron chi connectivity index (χ4n) is 2.39. The predicted octanol–water partition coefficient (Wildman–Crippen LogP) is 1.77. The van der Waals surface area contributed by atoms with Crippen LogP contribution in [0.15, 0.2) is 23.0 Å². The van der Waals surface area contributed by atoms with Gasteiger partial charge in [-0.05, 0) is 39.3 Å². The van der Waals surface area contributed by atoms with Crippen LogP contribution in [0.4, 0.5) is 0 Å². The molecule has 4 heteroatoms. The molecular weight excluding hydrogens is 216 g/mol. The lowest BCUT2D eigenvalue weighted by Crippen LogP contribution is -2.46. The Morgan fingerprint density at radius 1 is 1.53 bits per heavy atom. The first-order valence-electron chi connectivity index (χ1n) is 6.21. The Morgan fingerprint density at radius 2 is 2.35 bits per heavy atom. The topological polar surface area (TPSA) is 45.5 Å². The van der Waals surface area contributed by atoms with Crippen LogP contribution < -0.4 is 5.32 Å². The minimum Gasteiger partial charge on any atom is -0.472 e. The normalized spacial score (nSPS) is 26.0. The van der Waals surface area contributed by atoms with Crippen molar-refractivity contribution in [3.63, 3.8) is 0 Å². The van der Waals surface area contributed by atoms with Crippen molar-refractivity contribution in [2.45, 2.75) is 44.8 Å². The molecule has 1 fully saturated rings. The van der Waals surface area contributed by atoms with E-state index in [9.17, 15) is 4.79 Å². The molecule has 0 aliphatic carbocycles. The van der Waals surface area contributed by atoms with Crippen LogP contribution >= 0.6 is 0 Å². The highest BCUT2D eigenvalue weighted by molar-refractivity contribution is 5.82. The van der Waals surface area contributed by atoms with E-state index in [0.29, 0.717) is 12.6 Å². The Morgan fingerprint density at radius 3 is 3.00 bits per heavy atom. The minimum atomic E-state index is -0.0353. The zero-order chi connectivity index (χ0) is 12.3. The summed E-state index contributed by atoms with van der Waals surface area (Å²) >= 11 is 0. The highest BCUT2D eigenvalue weighted by atomic mass is 16.3. The second-order valence-corrected chi connectivity index (χ2v) is 4.72. The van der Waals surface area contributed by atoms with E-state index >= 15 is 0 Å². The van der Waals surface area contributed by atoms with E-state index in [1.807, 2.05) is 18.0 Å². The summed E-state index contributed by atoms with van der Waals surface area (Å²) in [7, 11) is 1.86. The quantitative estimate of drug-likeness (QED) is 0.870. The third kappa shape index (κ3) is 2.69. The van der Waals surface area contributed by atoms with Gasteiger partial charge >= 0.3 is 0 Å². The van der Waals surface area contributed by atoms with Crippen LogP contribution in [0.2, 0.25) is 0 Å². The average Bonchev–Trinajstić information content (AvgIpc) is 2.79. The number of carbonyl (C=O) groups is 1. The summed E-state index contributed by atoms with van der Waals surface area (Å²) in [5, 5.41) is 3.11. The molecule has 2 atom stereocenters. The van der Waals surface area contributed by atoms with E-state index in [2.05, 4.69) is 12.2 Å². The molecule has 0 bridgehead atoms. The van der Waals surface area contributed by atoms with Gasteiger partial charge in [-0.2, -0.15) is 0 Å². The number of nitrogens with one attached hydrogen (secondary N) is 1. The van der Waals surface area contributed by atoms with Gasteiger partial charge in [0.1, 0.15) is 0 Å². The molecule has 2 heterocycles. The molecule has 2 unspecified atom stereocenters. The first kappa shape index (κ1) is 12.2. The molecule has 1 aliphatic rings. The van der Waals surface area contributed by atoms with Crippen LogP contribution in [0.3, 0.4) is 0 Å². The first-order valence-corrected chi connectivity index (χ1v) is 6.21. The number of nitrogens with zero attached hydrogens (tertiary/aromatic N) is 1. The van der Waals surface area contributed by atoms with E-state index < -0.39 is 0 Å². The fourth-order valence-corrected chi connectivity index (χ4v) is 2.39. The average molecular weight is 236 g/mol. The number of hydrogen-bond acceptors (Lipinski definition) is 3. The Labute approximate surface area is 102 Å². The molecule has 4 nitrogen and oxygen atoms in total. The Balaban J connectivity index is 2.12. The maximum Gasteiger partial charge on any atom is 0.240 e. The highest BCUT2D eigenvalue weighted by Crippen LogP contribution is 2.20. The summed E-state index contributed by atoms with van der Waals surface area (Å²) in [6, 6.07) is 2.18. The molecule has 1 aromatic heterocycles. The van der Waals surface area contributed by atoms with Gasteiger partial charge < -0.3 is 14.6 Å². The zero-order valence-corrected chi connectivity index (χ0v) is 10.5. The van der Waals surface area contributed by atoms with Gasteiger partial charge in [0.05, 0.1) is 18.6 Å². The number of hydrogen-bond donors (Lipinski definition) is 1. The summed E-state index contributed by atoms with van der Waals surface area (Å²) in [6.07, 6.45) is 6.46. The molecule has 1 N–H and O–H groups in total. The summed E-state index contributed by atoms with van der Waals surface area (Å²) in [4.78, 5) is 14.3. The van der Waals surface area contributed by atoms with Crippen molar-refractivity contribution < 1.29 is 9.21 Å². The van der Waals surface area contributed by atoms with Crippen molar-refractivity contribution in [1.29, 1.82) is 0 Å². The van der Waals surface area contributed by atoms with Crippen LogP contribution in [0.1, 0.15) is 31.7 Å². The van der Waals surface area contributed by atoms with Gasteiger partial charge in [-0.3, -0.25) is 4.79 Å². The molecule has 1 saturated heterocycles. The van der Waals surface area contributed by atoms with Crippen LogP contribution in [0.5, 0.6) is 0 Å². The number of likely N-dealkylation sites (N-methyl/N-ethyl adjacent to an activating group) is 1. The molecular formula is C13H20N2O2. The number of rotatable bonds is 3. The predicted molar refractivity (Wildman–Crippen MR) is 65.4 cm³/mol. The SMILES string of the molecule is CNC1CCCC(C)N(Cc2ccoc2)C1=O. The zero-order valence-electron chi connectivity index (χ0n) is 10.5. The molecule has 94 valence electrons. The third-order valence-electron chi connectivity index (χ3n) is 3.51. The number of furan rings is 1. The summed E-state index contributed by atoms with van der Waals surface area (Å²) in [6.45, 7) is 2.77. The van der Waals surface area contributed by atoms with Gasteiger partial charge in [0.25, 0.3) is 0 Å². The van der Waals surface area contributed by atoms with Gasteiger partial charge in [0, 0.05) is 18.2 Å². The number of carbonyl (C=O) groups excluding carboxylic acids is 1.